The molecule has 1 N–H and O–H groups in total. The number of benzene rings is 2. The fraction of sp³-hybridized carbons (Fsp3) is 0.250. The summed E-state index contributed by atoms with van der Waals surface area (Å²) in [4.78, 5) is 11.6. The van der Waals surface area contributed by atoms with E-state index in [9.17, 15) is 4.39 Å². The van der Waals surface area contributed by atoms with E-state index in [2.05, 4.69) is 47.3 Å². The van der Waals surface area contributed by atoms with Gasteiger partial charge < -0.3 is 5.32 Å². The number of halogens is 2. The van der Waals surface area contributed by atoms with E-state index >= 15 is 0 Å². The lowest BCUT2D eigenvalue weighted by Crippen LogP contribution is -2.07. The summed E-state index contributed by atoms with van der Waals surface area (Å²) >= 11 is 7.48. The Morgan fingerprint density at radius 3 is 2.53 bits per heavy atom. The molecule has 0 aliphatic heterocycles. The molecule has 0 saturated carbocycles. The minimum Gasteiger partial charge on any atom is -0.369 e. The molecule has 0 spiro atoms. The summed E-state index contributed by atoms with van der Waals surface area (Å²) in [5, 5.41) is 4.75. The minimum absolute atomic E-state index is 0.146. The quantitative estimate of drug-likeness (QED) is 0.313. The van der Waals surface area contributed by atoms with Gasteiger partial charge in [0.05, 0.1) is 10.4 Å². The van der Waals surface area contributed by atoms with E-state index in [4.69, 9.17) is 11.6 Å². The van der Waals surface area contributed by atoms with Crippen LogP contribution < -0.4 is 5.32 Å². The zero-order valence-corrected chi connectivity index (χ0v) is 18.6. The third kappa shape index (κ3) is 4.63. The Hall–Kier alpha value is -2.50. The van der Waals surface area contributed by atoms with Gasteiger partial charge >= 0.3 is 0 Å². The topological polar surface area (TPSA) is 37.8 Å². The molecule has 30 heavy (non-hydrogen) atoms. The highest BCUT2D eigenvalue weighted by Crippen LogP contribution is 2.29. The van der Waals surface area contributed by atoms with Crippen molar-refractivity contribution in [3.8, 4) is 11.1 Å². The number of aryl methyl sites for hydroxylation is 3. The van der Waals surface area contributed by atoms with Crippen LogP contribution in [0, 0.1) is 12.7 Å². The Labute approximate surface area is 185 Å². The Morgan fingerprint density at radius 1 is 1.03 bits per heavy atom. The number of aromatic nitrogens is 2. The Morgan fingerprint density at radius 2 is 1.80 bits per heavy atom. The molecule has 2 aromatic carbocycles. The first-order valence-corrected chi connectivity index (χ1v) is 11.3. The molecule has 0 radical (unpaired) electrons. The number of hydrogen-bond donors (Lipinski definition) is 1. The van der Waals surface area contributed by atoms with Crippen LogP contribution in [0.1, 0.15) is 29.6 Å². The molecule has 154 valence electrons. The maximum absolute atomic E-state index is 13.7. The van der Waals surface area contributed by atoms with Crippen LogP contribution in [0.25, 0.3) is 21.3 Å². The summed E-state index contributed by atoms with van der Waals surface area (Å²) in [5.41, 5.74) is 3.06. The van der Waals surface area contributed by atoms with Gasteiger partial charge in [0.15, 0.2) is 0 Å². The van der Waals surface area contributed by atoms with E-state index in [0.29, 0.717) is 0 Å². The fourth-order valence-electron chi connectivity index (χ4n) is 3.42. The van der Waals surface area contributed by atoms with Crippen LogP contribution in [0.4, 0.5) is 10.2 Å². The first kappa shape index (κ1) is 20.8. The first-order chi connectivity index (χ1) is 14.5. The van der Waals surface area contributed by atoms with E-state index in [1.807, 2.05) is 18.2 Å². The predicted molar refractivity (Wildman–Crippen MR) is 125 cm³/mol. The van der Waals surface area contributed by atoms with Gasteiger partial charge in [0.25, 0.3) is 0 Å². The van der Waals surface area contributed by atoms with E-state index in [1.54, 1.807) is 17.4 Å². The van der Waals surface area contributed by atoms with Crippen molar-refractivity contribution < 1.29 is 4.39 Å². The summed E-state index contributed by atoms with van der Waals surface area (Å²) in [7, 11) is 0. The number of hydrogen-bond acceptors (Lipinski definition) is 4. The van der Waals surface area contributed by atoms with Gasteiger partial charge in [-0.05, 0) is 54.7 Å². The van der Waals surface area contributed by atoms with Crippen molar-refractivity contribution in [1.82, 2.24) is 9.97 Å². The second-order valence-electron chi connectivity index (χ2n) is 7.27. The van der Waals surface area contributed by atoms with Crippen LogP contribution in [0.2, 0.25) is 5.02 Å². The lowest BCUT2D eigenvalue weighted by atomic mass is 10.0. The zero-order valence-electron chi connectivity index (χ0n) is 17.0. The van der Waals surface area contributed by atoms with E-state index in [-0.39, 0.29) is 5.02 Å². The molecule has 4 aromatic rings. The van der Waals surface area contributed by atoms with Crippen molar-refractivity contribution in [3.63, 3.8) is 0 Å². The normalized spacial score (nSPS) is 11.2. The summed E-state index contributed by atoms with van der Waals surface area (Å²) in [6.07, 6.45) is 2.77. The highest BCUT2D eigenvalue weighted by atomic mass is 35.5. The molecule has 0 atom stereocenters. The van der Waals surface area contributed by atoms with E-state index < -0.39 is 5.82 Å². The van der Waals surface area contributed by atoms with Crippen LogP contribution in [0.15, 0.2) is 48.5 Å². The van der Waals surface area contributed by atoms with Gasteiger partial charge in [-0.3, -0.25) is 0 Å². The van der Waals surface area contributed by atoms with Gasteiger partial charge in [0.1, 0.15) is 22.3 Å². The molecule has 0 aliphatic carbocycles. The Balaban J connectivity index is 1.37. The number of nitrogens with zero attached hydrogens (tertiary/aromatic N) is 2. The highest BCUT2D eigenvalue weighted by molar-refractivity contribution is 7.18. The van der Waals surface area contributed by atoms with Crippen molar-refractivity contribution in [1.29, 1.82) is 0 Å². The monoisotopic (exact) mass is 439 g/mol. The van der Waals surface area contributed by atoms with Gasteiger partial charge in [-0.2, -0.15) is 0 Å². The summed E-state index contributed by atoms with van der Waals surface area (Å²) in [5.74, 6) is 1.41. The number of thiophene rings is 1. The van der Waals surface area contributed by atoms with Crippen molar-refractivity contribution >= 4 is 39.0 Å². The molecule has 0 amide bonds. The van der Waals surface area contributed by atoms with Crippen LogP contribution in [0.5, 0.6) is 0 Å². The standard InChI is InChI=1S/C24H23ClFN3S/c1-3-22-28-23(19-13-15(2)30-24(19)29-22)27-12-4-5-16-6-8-17(9-7-16)18-10-11-20(25)21(26)14-18/h6-11,13-14H,3-5,12H2,1-2H3,(H,27,28,29). The fourth-order valence-corrected chi connectivity index (χ4v) is 4.43. The molecule has 0 bridgehead atoms. The van der Waals surface area contributed by atoms with Gasteiger partial charge in [0.2, 0.25) is 0 Å². The van der Waals surface area contributed by atoms with Crippen LogP contribution in [-0.4, -0.2) is 16.5 Å². The lowest BCUT2D eigenvalue weighted by molar-refractivity contribution is 0.629. The third-order valence-electron chi connectivity index (χ3n) is 5.02. The minimum atomic E-state index is -0.393. The average Bonchev–Trinajstić information content (AvgIpc) is 3.13. The average molecular weight is 440 g/mol. The molecule has 0 fully saturated rings. The third-order valence-corrected chi connectivity index (χ3v) is 6.27. The van der Waals surface area contributed by atoms with Gasteiger partial charge in [0, 0.05) is 17.8 Å². The molecular weight excluding hydrogens is 417 g/mol. The molecule has 2 heterocycles. The van der Waals surface area contributed by atoms with Gasteiger partial charge in [-0.1, -0.05) is 48.9 Å². The van der Waals surface area contributed by atoms with Gasteiger partial charge in [-0.15, -0.1) is 11.3 Å². The Bertz CT molecular complexity index is 1170. The summed E-state index contributed by atoms with van der Waals surface area (Å²) in [6.45, 7) is 5.02. The molecule has 2 aromatic heterocycles. The molecule has 0 unspecified atom stereocenters. The second-order valence-corrected chi connectivity index (χ2v) is 8.92. The summed E-state index contributed by atoms with van der Waals surface area (Å²) in [6, 6.07) is 15.3. The SMILES string of the molecule is CCc1nc(NCCCc2ccc(-c3ccc(Cl)c(F)c3)cc2)c2cc(C)sc2n1. The molecule has 0 aliphatic rings. The number of nitrogens with one attached hydrogen (secondary N) is 1. The van der Waals surface area contributed by atoms with E-state index in [0.717, 1.165) is 58.8 Å². The zero-order chi connectivity index (χ0) is 21.1. The number of fused-ring (bicyclic) bond motifs is 1. The second kappa shape index (κ2) is 9.11. The molecule has 6 heteroatoms. The smallest absolute Gasteiger partial charge is 0.142 e. The molecule has 0 saturated heterocycles. The highest BCUT2D eigenvalue weighted by Gasteiger charge is 2.09. The number of rotatable bonds is 7. The maximum atomic E-state index is 13.7. The lowest BCUT2D eigenvalue weighted by Gasteiger charge is -2.09. The van der Waals surface area contributed by atoms with Crippen molar-refractivity contribution in [2.45, 2.75) is 33.1 Å². The molecule has 3 nitrogen and oxygen atoms in total. The van der Waals surface area contributed by atoms with Crippen molar-refractivity contribution in [2.24, 2.45) is 0 Å². The van der Waals surface area contributed by atoms with Crippen LogP contribution in [0.3, 0.4) is 0 Å². The van der Waals surface area contributed by atoms with Crippen LogP contribution in [-0.2, 0) is 12.8 Å². The largest absolute Gasteiger partial charge is 0.369 e. The predicted octanol–water partition coefficient (Wildman–Crippen LogP) is 7.07. The molecular formula is C24H23ClFN3S. The molecule has 4 rings (SSSR count). The van der Waals surface area contributed by atoms with Crippen LogP contribution >= 0.6 is 22.9 Å². The maximum Gasteiger partial charge on any atom is 0.142 e. The van der Waals surface area contributed by atoms with Gasteiger partial charge in [-0.25, -0.2) is 14.4 Å². The van der Waals surface area contributed by atoms with Crippen molar-refractivity contribution in [2.75, 3.05) is 11.9 Å². The van der Waals surface area contributed by atoms with Crippen molar-refractivity contribution in [3.05, 3.63) is 75.6 Å². The summed E-state index contributed by atoms with van der Waals surface area (Å²) < 4.78 is 13.7. The number of anilines is 1. The van der Waals surface area contributed by atoms with E-state index in [1.165, 1.54) is 16.5 Å². The Kier molecular flexibility index (Phi) is 6.30. The first-order valence-electron chi connectivity index (χ1n) is 10.1.